The van der Waals surface area contributed by atoms with Gasteiger partial charge >= 0.3 is 5.63 Å². The predicted octanol–water partition coefficient (Wildman–Crippen LogP) is 2.71. The van der Waals surface area contributed by atoms with E-state index in [-0.39, 0.29) is 11.3 Å². The summed E-state index contributed by atoms with van der Waals surface area (Å²) < 4.78 is 11.2. The molecule has 0 amide bonds. The number of aryl methyl sites for hydroxylation is 1. The number of nitrogens with zero attached hydrogens (tertiary/aromatic N) is 4. The average molecular weight is 451 g/mol. The largest absolute Gasteiger partial charge is 0.497 e. The number of hydrogen-bond acceptors (Lipinski definition) is 8. The van der Waals surface area contributed by atoms with Crippen molar-refractivity contribution < 1.29 is 14.3 Å². The number of aliphatic hydroxyl groups excluding tert-OH is 1. The Kier molecular flexibility index (Phi) is 4.99. The van der Waals surface area contributed by atoms with Gasteiger partial charge in [0, 0.05) is 37.3 Å². The summed E-state index contributed by atoms with van der Waals surface area (Å²) in [5.74, 6) is 1.58. The second-order valence-electron chi connectivity index (χ2n) is 9.84. The maximum absolute atomic E-state index is 13.0. The number of ether oxygens (including phenoxy) is 1. The van der Waals surface area contributed by atoms with Gasteiger partial charge in [-0.05, 0) is 44.2 Å². The van der Waals surface area contributed by atoms with E-state index in [2.05, 4.69) is 35.7 Å². The highest BCUT2D eigenvalue weighted by molar-refractivity contribution is 5.84. The van der Waals surface area contributed by atoms with Crippen molar-refractivity contribution in [1.82, 2.24) is 14.9 Å². The maximum Gasteiger partial charge on any atom is 0.347 e. The standard InChI is InChI=1S/C25H30N4O4/c1-6-15-10-16(32-5)11-18-19(15)22(30)33-21(27-18)17-8-7-9-26-20(17)29-13-24(2)12-28(4)25(3,14-29)23(24)31/h7-11,23,31H,6,12-14H2,1-5H3. The molecule has 5 rings (SSSR count). The van der Waals surface area contributed by atoms with Crippen molar-refractivity contribution in [2.75, 3.05) is 38.7 Å². The molecular weight excluding hydrogens is 420 g/mol. The van der Waals surface area contributed by atoms with Crippen molar-refractivity contribution in [3.05, 3.63) is 46.4 Å². The van der Waals surface area contributed by atoms with Crippen molar-refractivity contribution in [2.45, 2.75) is 38.8 Å². The van der Waals surface area contributed by atoms with Crippen LogP contribution in [0.15, 0.2) is 39.7 Å². The number of aliphatic hydroxyl groups is 1. The van der Waals surface area contributed by atoms with Gasteiger partial charge in [0.25, 0.3) is 0 Å². The third kappa shape index (κ3) is 3.23. The minimum absolute atomic E-state index is 0.230. The van der Waals surface area contributed by atoms with Gasteiger partial charge in [0.05, 0.1) is 35.2 Å². The summed E-state index contributed by atoms with van der Waals surface area (Å²) >= 11 is 0. The summed E-state index contributed by atoms with van der Waals surface area (Å²) in [5.41, 5.74) is 0.926. The molecule has 3 unspecified atom stereocenters. The monoisotopic (exact) mass is 450 g/mol. The second kappa shape index (κ2) is 7.53. The molecule has 33 heavy (non-hydrogen) atoms. The fourth-order valence-electron chi connectivity index (χ4n) is 5.72. The highest BCUT2D eigenvalue weighted by Gasteiger charge is 2.59. The molecule has 2 aliphatic heterocycles. The Labute approximate surface area is 192 Å². The number of fused-ring (bicyclic) bond motifs is 3. The van der Waals surface area contributed by atoms with Gasteiger partial charge in [-0.1, -0.05) is 13.8 Å². The Morgan fingerprint density at radius 3 is 2.76 bits per heavy atom. The molecule has 2 fully saturated rings. The van der Waals surface area contributed by atoms with Gasteiger partial charge in [-0.15, -0.1) is 0 Å². The molecule has 2 aliphatic rings. The third-order valence-electron chi connectivity index (χ3n) is 7.50. The number of likely N-dealkylation sites (N-methyl/N-ethyl adjacent to an activating group) is 1. The Hall–Kier alpha value is -2.97. The van der Waals surface area contributed by atoms with Gasteiger partial charge in [0.2, 0.25) is 5.89 Å². The van der Waals surface area contributed by atoms with E-state index < -0.39 is 17.3 Å². The number of anilines is 1. The van der Waals surface area contributed by atoms with E-state index >= 15 is 0 Å². The molecule has 1 aromatic carbocycles. The number of pyridine rings is 1. The fraction of sp³-hybridized carbons (Fsp3) is 0.480. The summed E-state index contributed by atoms with van der Waals surface area (Å²) in [6, 6.07) is 7.31. The van der Waals surface area contributed by atoms with E-state index in [1.54, 1.807) is 19.4 Å². The molecule has 3 atom stereocenters. The van der Waals surface area contributed by atoms with Crippen LogP contribution in [0.4, 0.5) is 5.82 Å². The van der Waals surface area contributed by atoms with Crippen LogP contribution in [0.2, 0.25) is 0 Å². The van der Waals surface area contributed by atoms with Crippen molar-refractivity contribution in [2.24, 2.45) is 5.41 Å². The zero-order valence-corrected chi connectivity index (χ0v) is 19.8. The highest BCUT2D eigenvalue weighted by Crippen LogP contribution is 2.47. The van der Waals surface area contributed by atoms with Crippen LogP contribution < -0.4 is 15.3 Å². The molecule has 174 valence electrons. The van der Waals surface area contributed by atoms with Gasteiger partial charge in [0.15, 0.2) is 0 Å². The summed E-state index contributed by atoms with van der Waals surface area (Å²) in [6.45, 7) is 8.23. The molecule has 2 saturated heterocycles. The van der Waals surface area contributed by atoms with Crippen LogP contribution >= 0.6 is 0 Å². The molecular formula is C25H30N4O4. The topological polar surface area (TPSA) is 91.9 Å². The lowest BCUT2D eigenvalue weighted by atomic mass is 9.75. The molecule has 0 aliphatic carbocycles. The SMILES string of the molecule is CCc1cc(OC)cc2nc(-c3cccnc3N3CC4(C)CN(C)C(C)(C3)C4O)oc(=O)c12. The number of rotatable bonds is 4. The average Bonchev–Trinajstić information content (AvgIpc) is 2.90. The molecule has 8 nitrogen and oxygen atoms in total. The van der Waals surface area contributed by atoms with E-state index in [1.807, 2.05) is 25.1 Å². The van der Waals surface area contributed by atoms with Crippen LogP contribution in [-0.4, -0.2) is 65.4 Å². The number of aromatic nitrogens is 2. The van der Waals surface area contributed by atoms with E-state index in [4.69, 9.17) is 14.1 Å². The molecule has 1 N–H and O–H groups in total. The van der Waals surface area contributed by atoms with Crippen LogP contribution in [0, 0.1) is 5.41 Å². The fourth-order valence-corrected chi connectivity index (χ4v) is 5.72. The number of benzene rings is 1. The van der Waals surface area contributed by atoms with E-state index in [0.717, 1.165) is 12.1 Å². The van der Waals surface area contributed by atoms with Crippen molar-refractivity contribution in [1.29, 1.82) is 0 Å². The Morgan fingerprint density at radius 1 is 1.27 bits per heavy atom. The number of likely N-dealkylation sites (tertiary alicyclic amines) is 1. The maximum atomic E-state index is 13.0. The number of hydrogen-bond donors (Lipinski definition) is 1. The van der Waals surface area contributed by atoms with Gasteiger partial charge in [-0.3, -0.25) is 4.90 Å². The zero-order chi connectivity index (χ0) is 23.5. The zero-order valence-electron chi connectivity index (χ0n) is 19.8. The van der Waals surface area contributed by atoms with Gasteiger partial charge in [-0.25, -0.2) is 14.8 Å². The lowest BCUT2D eigenvalue weighted by Crippen LogP contribution is -2.62. The lowest BCUT2D eigenvalue weighted by molar-refractivity contribution is -0.00234. The first-order chi connectivity index (χ1) is 15.7. The predicted molar refractivity (Wildman–Crippen MR) is 127 cm³/mol. The first kappa shape index (κ1) is 21.9. The lowest BCUT2D eigenvalue weighted by Gasteiger charge is -2.47. The summed E-state index contributed by atoms with van der Waals surface area (Å²) in [5, 5.41) is 11.5. The van der Waals surface area contributed by atoms with Crippen LogP contribution in [0.25, 0.3) is 22.4 Å². The molecule has 0 saturated carbocycles. The Morgan fingerprint density at radius 2 is 2.06 bits per heavy atom. The molecule has 0 spiro atoms. The first-order valence-corrected chi connectivity index (χ1v) is 11.3. The van der Waals surface area contributed by atoms with Crippen molar-refractivity contribution in [3.63, 3.8) is 0 Å². The van der Waals surface area contributed by atoms with Gasteiger partial charge in [0.1, 0.15) is 11.6 Å². The molecule has 8 heteroatoms. The van der Waals surface area contributed by atoms with E-state index in [9.17, 15) is 9.90 Å². The summed E-state index contributed by atoms with van der Waals surface area (Å²) in [7, 11) is 3.66. The Balaban J connectivity index is 1.64. The first-order valence-electron chi connectivity index (χ1n) is 11.3. The van der Waals surface area contributed by atoms with Crippen LogP contribution in [0.1, 0.15) is 26.3 Å². The van der Waals surface area contributed by atoms with Crippen molar-refractivity contribution in [3.8, 4) is 17.2 Å². The minimum atomic E-state index is -0.435. The molecule has 0 radical (unpaired) electrons. The highest BCUT2D eigenvalue weighted by atomic mass is 16.5. The summed E-state index contributed by atoms with van der Waals surface area (Å²) in [6.07, 6.45) is 1.96. The van der Waals surface area contributed by atoms with Crippen LogP contribution in [0.3, 0.4) is 0 Å². The van der Waals surface area contributed by atoms with E-state index in [1.165, 1.54) is 0 Å². The minimum Gasteiger partial charge on any atom is -0.497 e. The number of piperidine rings is 1. The van der Waals surface area contributed by atoms with Crippen LogP contribution in [0.5, 0.6) is 5.75 Å². The van der Waals surface area contributed by atoms with Gasteiger partial charge in [-0.2, -0.15) is 0 Å². The molecule has 4 heterocycles. The quantitative estimate of drug-likeness (QED) is 0.649. The second-order valence-corrected chi connectivity index (χ2v) is 9.84. The third-order valence-corrected chi connectivity index (χ3v) is 7.50. The summed E-state index contributed by atoms with van der Waals surface area (Å²) in [4.78, 5) is 26.8. The van der Waals surface area contributed by atoms with E-state index in [0.29, 0.717) is 47.5 Å². The molecule has 2 aromatic heterocycles. The van der Waals surface area contributed by atoms with Gasteiger partial charge < -0.3 is 19.2 Å². The smallest absolute Gasteiger partial charge is 0.347 e. The normalized spacial score (nSPS) is 27.3. The van der Waals surface area contributed by atoms with Crippen molar-refractivity contribution >= 4 is 16.7 Å². The molecule has 2 bridgehead atoms. The number of methoxy groups -OCH3 is 1. The molecule has 3 aromatic rings. The Bertz CT molecular complexity index is 1290. The van der Waals surface area contributed by atoms with Crippen LogP contribution in [-0.2, 0) is 6.42 Å².